The van der Waals surface area contributed by atoms with E-state index < -0.39 is 0 Å². The molecule has 1 aliphatic rings. The van der Waals surface area contributed by atoms with E-state index in [4.69, 9.17) is 0 Å². The van der Waals surface area contributed by atoms with Gasteiger partial charge in [0, 0.05) is 36.3 Å². The topological polar surface area (TPSA) is 54.3 Å². The highest BCUT2D eigenvalue weighted by molar-refractivity contribution is 6.28. The monoisotopic (exact) mass is 361 g/mol. The Hall–Kier alpha value is -2.92. The van der Waals surface area contributed by atoms with Crippen molar-refractivity contribution in [3.8, 4) is 11.1 Å². The van der Waals surface area contributed by atoms with Gasteiger partial charge in [-0.3, -0.25) is 9.59 Å². The van der Waals surface area contributed by atoms with E-state index in [1.165, 1.54) is 0 Å². The van der Waals surface area contributed by atoms with Crippen molar-refractivity contribution in [1.29, 1.82) is 0 Å². The van der Waals surface area contributed by atoms with Gasteiger partial charge in [-0.25, -0.2) is 0 Å². The minimum absolute atomic E-state index is 0.0115. The first-order chi connectivity index (χ1) is 13.0. The molecule has 5 heteroatoms. The normalized spacial score (nSPS) is 12.5. The van der Waals surface area contributed by atoms with Gasteiger partial charge < -0.3 is 14.8 Å². The maximum Gasteiger partial charge on any atom is 0.251 e. The molecule has 138 valence electrons. The molecule has 1 aliphatic carbocycles. The number of aryl methyl sites for hydroxylation is 1. The molecule has 0 fully saturated rings. The van der Waals surface area contributed by atoms with Crippen molar-refractivity contribution < 1.29 is 4.79 Å². The molecule has 1 aromatic heterocycles. The van der Waals surface area contributed by atoms with Crippen LogP contribution >= 0.6 is 0 Å². The van der Waals surface area contributed by atoms with Gasteiger partial charge >= 0.3 is 0 Å². The first-order valence-corrected chi connectivity index (χ1v) is 9.18. The van der Waals surface area contributed by atoms with Crippen LogP contribution in [0.25, 0.3) is 22.0 Å². The number of pyridine rings is 1. The van der Waals surface area contributed by atoms with Crippen molar-refractivity contribution in [2.45, 2.75) is 6.42 Å². The lowest BCUT2D eigenvalue weighted by molar-refractivity contribution is 0.104. The Morgan fingerprint density at radius 2 is 1.74 bits per heavy atom. The number of ketones is 1. The highest BCUT2D eigenvalue weighted by Gasteiger charge is 2.28. The summed E-state index contributed by atoms with van der Waals surface area (Å²) < 4.78 is 1.61. The number of fused-ring (bicyclic) bond motifs is 2. The van der Waals surface area contributed by atoms with Gasteiger partial charge in [0.15, 0.2) is 5.78 Å². The van der Waals surface area contributed by atoms with E-state index in [1.54, 1.807) is 17.7 Å². The zero-order chi connectivity index (χ0) is 19.1. The summed E-state index contributed by atoms with van der Waals surface area (Å²) in [7, 11) is 5.85. The van der Waals surface area contributed by atoms with Gasteiger partial charge in [-0.1, -0.05) is 24.3 Å². The molecule has 0 amide bonds. The third-order valence-electron chi connectivity index (χ3n) is 5.20. The molecule has 2 aromatic carbocycles. The largest absolute Gasteiger partial charge is 0.384 e. The fourth-order valence-corrected chi connectivity index (χ4v) is 3.82. The molecule has 0 unspecified atom stereocenters. The summed E-state index contributed by atoms with van der Waals surface area (Å²) in [5, 5.41) is 4.29. The SMILES string of the molecule is CN(C)CCCNc1ccc2c3c(cc(=O)n2C)-c2ccccc2C(=O)c13. The van der Waals surface area contributed by atoms with Gasteiger partial charge in [0.1, 0.15) is 0 Å². The number of rotatable bonds is 5. The summed E-state index contributed by atoms with van der Waals surface area (Å²) in [5.41, 5.74) is 4.55. The van der Waals surface area contributed by atoms with E-state index in [0.29, 0.717) is 11.1 Å². The Morgan fingerprint density at radius 3 is 2.48 bits per heavy atom. The smallest absolute Gasteiger partial charge is 0.251 e. The average Bonchev–Trinajstić information content (AvgIpc) is 2.66. The van der Waals surface area contributed by atoms with Crippen molar-refractivity contribution in [2.75, 3.05) is 32.5 Å². The summed E-state index contributed by atoms with van der Waals surface area (Å²) in [5.74, 6) is 0.0115. The summed E-state index contributed by atoms with van der Waals surface area (Å²) in [6.45, 7) is 1.76. The molecular formula is C22H23N3O2. The Bertz CT molecular complexity index is 1110. The molecule has 4 rings (SSSR count). The number of anilines is 1. The number of aromatic nitrogens is 1. The van der Waals surface area contributed by atoms with Crippen LogP contribution in [0.15, 0.2) is 47.3 Å². The lowest BCUT2D eigenvalue weighted by atomic mass is 9.83. The van der Waals surface area contributed by atoms with E-state index in [2.05, 4.69) is 10.2 Å². The van der Waals surface area contributed by atoms with Crippen LogP contribution in [0.4, 0.5) is 5.69 Å². The molecule has 0 aliphatic heterocycles. The first-order valence-electron chi connectivity index (χ1n) is 9.18. The number of hydrogen-bond acceptors (Lipinski definition) is 4. The lowest BCUT2D eigenvalue weighted by Crippen LogP contribution is -2.22. The predicted molar refractivity (Wildman–Crippen MR) is 110 cm³/mol. The highest BCUT2D eigenvalue weighted by atomic mass is 16.1. The fraction of sp³-hybridized carbons (Fsp3) is 0.273. The molecule has 27 heavy (non-hydrogen) atoms. The lowest BCUT2D eigenvalue weighted by Gasteiger charge is -2.23. The van der Waals surface area contributed by atoms with E-state index in [-0.39, 0.29) is 11.3 Å². The Kier molecular flexibility index (Phi) is 4.32. The van der Waals surface area contributed by atoms with Crippen LogP contribution in [0.2, 0.25) is 0 Å². The third kappa shape index (κ3) is 2.84. The maximum absolute atomic E-state index is 13.3. The average molecular weight is 361 g/mol. The standard InChI is InChI=1S/C22H23N3O2/c1-24(2)12-6-11-23-17-9-10-18-20-16(13-19(26)25(18)3)14-7-4-5-8-15(14)22(27)21(17)20/h4-5,7-10,13,23H,6,11-12H2,1-3H3. The Morgan fingerprint density at radius 1 is 1.00 bits per heavy atom. The van der Waals surface area contributed by atoms with Crippen molar-refractivity contribution in [2.24, 2.45) is 7.05 Å². The number of benzene rings is 2. The second kappa shape index (κ2) is 6.67. The van der Waals surface area contributed by atoms with Crippen molar-refractivity contribution in [1.82, 2.24) is 9.47 Å². The molecule has 0 saturated carbocycles. The first kappa shape index (κ1) is 17.5. The van der Waals surface area contributed by atoms with Crippen LogP contribution in [0.5, 0.6) is 0 Å². The zero-order valence-electron chi connectivity index (χ0n) is 15.9. The summed E-state index contributed by atoms with van der Waals surface area (Å²) in [4.78, 5) is 27.9. The van der Waals surface area contributed by atoms with Gasteiger partial charge in [0.05, 0.1) is 11.1 Å². The van der Waals surface area contributed by atoms with Gasteiger partial charge in [-0.05, 0) is 50.3 Å². The third-order valence-corrected chi connectivity index (χ3v) is 5.20. The molecule has 1 heterocycles. The fourth-order valence-electron chi connectivity index (χ4n) is 3.82. The van der Waals surface area contributed by atoms with Crippen LogP contribution < -0.4 is 10.9 Å². The van der Waals surface area contributed by atoms with Crippen molar-refractivity contribution in [3.63, 3.8) is 0 Å². The molecule has 3 aromatic rings. The van der Waals surface area contributed by atoms with Crippen molar-refractivity contribution >= 4 is 22.4 Å². The van der Waals surface area contributed by atoms with Gasteiger partial charge in [-0.2, -0.15) is 0 Å². The number of hydrogen-bond donors (Lipinski definition) is 1. The summed E-state index contributed by atoms with van der Waals surface area (Å²) in [6.07, 6.45) is 0.982. The second-order valence-corrected chi connectivity index (χ2v) is 7.30. The zero-order valence-corrected chi connectivity index (χ0v) is 15.9. The van der Waals surface area contributed by atoms with Crippen LogP contribution in [0, 0.1) is 0 Å². The molecule has 5 nitrogen and oxygen atoms in total. The predicted octanol–water partition coefficient (Wildman–Crippen LogP) is 3.11. The molecular weight excluding hydrogens is 338 g/mol. The quantitative estimate of drug-likeness (QED) is 0.555. The molecule has 0 bridgehead atoms. The van der Waals surface area contributed by atoms with Crippen LogP contribution in [0.1, 0.15) is 22.3 Å². The minimum atomic E-state index is -0.0701. The highest BCUT2D eigenvalue weighted by Crippen LogP contribution is 2.41. The van der Waals surface area contributed by atoms with Crippen LogP contribution in [-0.4, -0.2) is 42.4 Å². The molecule has 0 saturated heterocycles. The summed E-state index contributed by atoms with van der Waals surface area (Å²) in [6, 6.07) is 13.0. The molecule has 0 spiro atoms. The van der Waals surface area contributed by atoms with E-state index in [0.717, 1.165) is 47.2 Å². The van der Waals surface area contributed by atoms with E-state index in [1.807, 2.05) is 50.5 Å². The van der Waals surface area contributed by atoms with Crippen LogP contribution in [0.3, 0.4) is 0 Å². The van der Waals surface area contributed by atoms with Crippen molar-refractivity contribution in [3.05, 3.63) is 63.9 Å². The number of carbonyl (C=O) groups excluding carboxylic acids is 1. The summed E-state index contributed by atoms with van der Waals surface area (Å²) >= 11 is 0. The Labute approximate surface area is 158 Å². The number of nitrogens with one attached hydrogen (secondary N) is 1. The van der Waals surface area contributed by atoms with E-state index >= 15 is 0 Å². The van der Waals surface area contributed by atoms with Crippen LogP contribution in [-0.2, 0) is 7.05 Å². The second-order valence-electron chi connectivity index (χ2n) is 7.30. The molecule has 1 N–H and O–H groups in total. The minimum Gasteiger partial charge on any atom is -0.384 e. The number of carbonyl (C=O) groups is 1. The van der Waals surface area contributed by atoms with Gasteiger partial charge in [-0.15, -0.1) is 0 Å². The van der Waals surface area contributed by atoms with Gasteiger partial charge in [0.2, 0.25) is 0 Å². The maximum atomic E-state index is 13.3. The molecule has 0 atom stereocenters. The van der Waals surface area contributed by atoms with Gasteiger partial charge in [0.25, 0.3) is 5.56 Å². The Balaban J connectivity index is 1.91. The number of nitrogens with zero attached hydrogens (tertiary/aromatic N) is 2. The van der Waals surface area contributed by atoms with E-state index in [9.17, 15) is 9.59 Å². The molecule has 0 radical (unpaired) electrons.